The minimum absolute atomic E-state index is 0.0487. The van der Waals surface area contributed by atoms with Gasteiger partial charge in [-0.2, -0.15) is 0 Å². The topological polar surface area (TPSA) is 271 Å². The van der Waals surface area contributed by atoms with Crippen LogP contribution in [-0.4, -0.2) is 90.5 Å². The second kappa shape index (κ2) is 13.5. The Labute approximate surface area is 204 Å². The van der Waals surface area contributed by atoms with E-state index in [2.05, 4.69) is 35.9 Å². The molecule has 36 heavy (non-hydrogen) atoms. The van der Waals surface area contributed by atoms with Crippen molar-refractivity contribution in [1.82, 2.24) is 35.9 Å². The first-order chi connectivity index (χ1) is 17.1. The molecule has 0 aliphatic carbocycles. The monoisotopic (exact) mass is 507 g/mol. The average molecular weight is 508 g/mol. The van der Waals surface area contributed by atoms with Crippen LogP contribution in [0.4, 0.5) is 0 Å². The van der Waals surface area contributed by atoms with Crippen molar-refractivity contribution in [2.24, 2.45) is 11.5 Å². The van der Waals surface area contributed by atoms with E-state index in [1.165, 1.54) is 25.0 Å². The minimum atomic E-state index is -1.63. The van der Waals surface area contributed by atoms with Gasteiger partial charge in [-0.05, 0) is 6.42 Å². The van der Waals surface area contributed by atoms with Gasteiger partial charge in [0.05, 0.1) is 25.3 Å². The molecule has 2 heterocycles. The molecule has 0 saturated heterocycles. The standard InChI is InChI=1S/C20H29N9O7/c21-12(3-10-5-23-8-25-10)17(32)28-14(4-11-6-24-9-26-11)19(34)27-13(1-2-16(22)31)18(33)29-15(7-30)20(35)36/h5-6,8-9,12-15,30H,1-4,7,21H2,(H2,22,31)(H,23,25)(H,24,26)(H,27,34)(H,28,32)(H,29,33)(H,35,36). The van der Waals surface area contributed by atoms with Crippen molar-refractivity contribution in [2.75, 3.05) is 6.61 Å². The zero-order valence-corrected chi connectivity index (χ0v) is 19.1. The van der Waals surface area contributed by atoms with E-state index in [9.17, 15) is 29.1 Å². The number of carboxylic acid groups (broad SMARTS) is 1. The van der Waals surface area contributed by atoms with Crippen LogP contribution in [0.5, 0.6) is 0 Å². The lowest BCUT2D eigenvalue weighted by Gasteiger charge is -2.24. The Hall–Kier alpha value is -4.31. The van der Waals surface area contributed by atoms with Gasteiger partial charge in [0.1, 0.15) is 18.1 Å². The molecule has 0 radical (unpaired) electrons. The number of aromatic nitrogens is 4. The van der Waals surface area contributed by atoms with Crippen LogP contribution in [0.3, 0.4) is 0 Å². The molecule has 16 heteroatoms. The van der Waals surface area contributed by atoms with Crippen molar-refractivity contribution in [3.05, 3.63) is 36.4 Å². The zero-order valence-electron chi connectivity index (χ0n) is 19.1. The highest BCUT2D eigenvalue weighted by atomic mass is 16.4. The maximum absolute atomic E-state index is 13.1. The number of carbonyl (C=O) groups is 5. The lowest BCUT2D eigenvalue weighted by molar-refractivity contribution is -0.143. The summed E-state index contributed by atoms with van der Waals surface area (Å²) in [6.45, 7) is -0.899. The summed E-state index contributed by atoms with van der Waals surface area (Å²) in [4.78, 5) is 74.2. The van der Waals surface area contributed by atoms with Gasteiger partial charge < -0.3 is 47.6 Å². The summed E-state index contributed by atoms with van der Waals surface area (Å²) in [6.07, 6.45) is 5.25. The number of aliphatic hydroxyl groups is 1. The molecule has 11 N–H and O–H groups in total. The lowest BCUT2D eigenvalue weighted by Crippen LogP contribution is -2.58. The zero-order chi connectivity index (χ0) is 26.7. The second-order valence-corrected chi connectivity index (χ2v) is 7.88. The first kappa shape index (κ1) is 27.9. The molecule has 0 spiro atoms. The number of carboxylic acids is 1. The highest BCUT2D eigenvalue weighted by Gasteiger charge is 2.31. The van der Waals surface area contributed by atoms with E-state index >= 15 is 0 Å². The first-order valence-corrected chi connectivity index (χ1v) is 10.8. The summed E-state index contributed by atoms with van der Waals surface area (Å²) < 4.78 is 0. The summed E-state index contributed by atoms with van der Waals surface area (Å²) >= 11 is 0. The molecule has 2 rings (SSSR count). The van der Waals surface area contributed by atoms with Crippen LogP contribution in [0.2, 0.25) is 0 Å². The van der Waals surface area contributed by atoms with Crippen molar-refractivity contribution in [3.8, 4) is 0 Å². The number of H-pyrrole nitrogens is 2. The van der Waals surface area contributed by atoms with Gasteiger partial charge >= 0.3 is 5.97 Å². The average Bonchev–Trinajstić information content (AvgIpc) is 3.53. The van der Waals surface area contributed by atoms with E-state index in [4.69, 9.17) is 16.6 Å². The van der Waals surface area contributed by atoms with Crippen molar-refractivity contribution < 1.29 is 34.2 Å². The number of hydrogen-bond acceptors (Lipinski definition) is 9. The number of nitrogens with two attached hydrogens (primary N) is 2. The predicted octanol–water partition coefficient (Wildman–Crippen LogP) is -3.96. The molecular formula is C20H29N9O7. The number of rotatable bonds is 15. The van der Waals surface area contributed by atoms with E-state index in [1.807, 2.05) is 0 Å². The summed E-state index contributed by atoms with van der Waals surface area (Å²) in [6, 6.07) is -5.27. The summed E-state index contributed by atoms with van der Waals surface area (Å²) in [5.41, 5.74) is 12.2. The maximum Gasteiger partial charge on any atom is 0.328 e. The smallest absolute Gasteiger partial charge is 0.328 e. The van der Waals surface area contributed by atoms with Gasteiger partial charge in [-0.3, -0.25) is 19.2 Å². The van der Waals surface area contributed by atoms with Crippen molar-refractivity contribution in [3.63, 3.8) is 0 Å². The fourth-order valence-electron chi connectivity index (χ4n) is 3.12. The molecule has 0 aromatic carbocycles. The van der Waals surface area contributed by atoms with Gasteiger partial charge in [-0.25, -0.2) is 14.8 Å². The fraction of sp³-hybridized carbons (Fsp3) is 0.450. The Morgan fingerprint density at radius 2 is 1.39 bits per heavy atom. The van der Waals surface area contributed by atoms with Gasteiger partial charge in [0.2, 0.25) is 23.6 Å². The van der Waals surface area contributed by atoms with Crippen LogP contribution in [0.25, 0.3) is 0 Å². The van der Waals surface area contributed by atoms with Gasteiger partial charge in [-0.1, -0.05) is 0 Å². The fourth-order valence-corrected chi connectivity index (χ4v) is 3.12. The molecule has 0 aliphatic heterocycles. The van der Waals surface area contributed by atoms with Crippen LogP contribution < -0.4 is 27.4 Å². The van der Waals surface area contributed by atoms with E-state index in [0.29, 0.717) is 11.4 Å². The number of primary amides is 1. The quantitative estimate of drug-likeness (QED) is 0.113. The SMILES string of the molecule is NC(=O)CCC(NC(=O)C(Cc1cnc[nH]1)NC(=O)C(N)Cc1cnc[nH]1)C(=O)NC(CO)C(=O)O. The first-order valence-electron chi connectivity index (χ1n) is 10.8. The Bertz CT molecular complexity index is 1030. The van der Waals surface area contributed by atoms with Gasteiger partial charge in [0.25, 0.3) is 0 Å². The molecule has 0 bridgehead atoms. The van der Waals surface area contributed by atoms with E-state index in [0.717, 1.165) is 0 Å². The molecular weight excluding hydrogens is 478 g/mol. The molecule has 0 aliphatic rings. The number of carbonyl (C=O) groups excluding carboxylic acids is 4. The van der Waals surface area contributed by atoms with Crippen LogP contribution in [0, 0.1) is 0 Å². The molecule has 4 unspecified atom stereocenters. The normalized spacial score (nSPS) is 14.2. The molecule has 196 valence electrons. The highest BCUT2D eigenvalue weighted by molar-refractivity contribution is 5.94. The number of amides is 4. The number of nitrogens with zero attached hydrogens (tertiary/aromatic N) is 2. The Kier molecular flexibility index (Phi) is 10.5. The lowest BCUT2D eigenvalue weighted by atomic mass is 10.1. The van der Waals surface area contributed by atoms with Gasteiger partial charge in [0.15, 0.2) is 0 Å². The number of imidazole rings is 2. The van der Waals surface area contributed by atoms with Crippen molar-refractivity contribution in [2.45, 2.75) is 49.9 Å². The third kappa shape index (κ3) is 8.80. The van der Waals surface area contributed by atoms with Crippen molar-refractivity contribution in [1.29, 1.82) is 0 Å². The summed E-state index contributed by atoms with van der Waals surface area (Å²) in [5, 5.41) is 25.2. The Balaban J connectivity index is 2.16. The van der Waals surface area contributed by atoms with Gasteiger partial charge in [-0.15, -0.1) is 0 Å². The molecule has 4 atom stereocenters. The Morgan fingerprint density at radius 1 is 0.861 bits per heavy atom. The predicted molar refractivity (Wildman–Crippen MR) is 122 cm³/mol. The van der Waals surface area contributed by atoms with Gasteiger partial charge in [0, 0.05) is 43.0 Å². The summed E-state index contributed by atoms with van der Waals surface area (Å²) in [5.74, 6) is -4.69. The van der Waals surface area contributed by atoms with Crippen LogP contribution in [0.15, 0.2) is 25.0 Å². The molecule has 2 aromatic heterocycles. The number of aromatic amines is 2. The molecule has 16 nitrogen and oxygen atoms in total. The molecule has 2 aromatic rings. The largest absolute Gasteiger partial charge is 0.480 e. The van der Waals surface area contributed by atoms with Crippen LogP contribution >= 0.6 is 0 Å². The van der Waals surface area contributed by atoms with Crippen LogP contribution in [0.1, 0.15) is 24.2 Å². The molecule has 0 saturated carbocycles. The molecule has 0 fully saturated rings. The van der Waals surface area contributed by atoms with E-state index in [1.54, 1.807) is 0 Å². The number of nitrogens with one attached hydrogen (secondary N) is 5. The second-order valence-electron chi connectivity index (χ2n) is 7.88. The number of aliphatic hydroxyl groups excluding tert-OH is 1. The third-order valence-electron chi connectivity index (χ3n) is 5.05. The maximum atomic E-state index is 13.1. The number of hydrogen-bond donors (Lipinski definition) is 9. The third-order valence-corrected chi connectivity index (χ3v) is 5.05. The van der Waals surface area contributed by atoms with Crippen LogP contribution in [-0.2, 0) is 36.8 Å². The summed E-state index contributed by atoms with van der Waals surface area (Å²) in [7, 11) is 0. The number of aliphatic carboxylic acids is 1. The van der Waals surface area contributed by atoms with E-state index < -0.39 is 60.4 Å². The highest BCUT2D eigenvalue weighted by Crippen LogP contribution is 2.05. The Morgan fingerprint density at radius 3 is 1.89 bits per heavy atom. The van der Waals surface area contributed by atoms with E-state index in [-0.39, 0.29) is 25.7 Å². The minimum Gasteiger partial charge on any atom is -0.480 e. The van der Waals surface area contributed by atoms with Crippen molar-refractivity contribution >= 4 is 29.6 Å². The molecule has 4 amide bonds.